The van der Waals surface area contributed by atoms with E-state index in [1.165, 1.54) is 44.2 Å². The van der Waals surface area contributed by atoms with Crippen LogP contribution in [0.25, 0.3) is 0 Å². The van der Waals surface area contributed by atoms with Crippen LogP contribution in [-0.4, -0.2) is 42.1 Å². The lowest BCUT2D eigenvalue weighted by atomic mass is 9.79. The molecule has 1 fully saturated rings. The molecule has 0 spiro atoms. The molecular formula is C18H31N3. The third-order valence-corrected chi connectivity index (χ3v) is 5.10. The van der Waals surface area contributed by atoms with Gasteiger partial charge in [0.05, 0.1) is 0 Å². The largest absolute Gasteiger partial charge is 0.312 e. The van der Waals surface area contributed by atoms with Crippen molar-refractivity contribution < 1.29 is 0 Å². The normalized spacial score (nSPS) is 20.2. The Morgan fingerprint density at radius 2 is 1.90 bits per heavy atom. The molecular weight excluding hydrogens is 258 g/mol. The van der Waals surface area contributed by atoms with Gasteiger partial charge in [-0.05, 0) is 45.6 Å². The lowest BCUT2D eigenvalue weighted by molar-refractivity contribution is 0.0804. The maximum absolute atomic E-state index is 4.55. The van der Waals surface area contributed by atoms with E-state index in [1.807, 2.05) is 12.3 Å². The summed E-state index contributed by atoms with van der Waals surface area (Å²) in [7, 11) is 4.52. The standard InChI is InChI=1S/C18H31N3/c1-4-19-17(15-16-11-7-10-14-20-16)18(21(2)3)12-8-5-6-9-13-18/h7,10-11,14,17,19H,4-6,8-9,12-13,15H2,1-3H3. The summed E-state index contributed by atoms with van der Waals surface area (Å²) in [5, 5.41) is 3.77. The summed E-state index contributed by atoms with van der Waals surface area (Å²) < 4.78 is 0. The van der Waals surface area contributed by atoms with Gasteiger partial charge < -0.3 is 10.2 Å². The molecule has 0 aromatic carbocycles. The molecule has 118 valence electrons. The van der Waals surface area contributed by atoms with Gasteiger partial charge in [0, 0.05) is 29.9 Å². The van der Waals surface area contributed by atoms with Crippen LogP contribution >= 0.6 is 0 Å². The minimum atomic E-state index is 0.268. The van der Waals surface area contributed by atoms with Gasteiger partial charge in [-0.3, -0.25) is 4.98 Å². The van der Waals surface area contributed by atoms with E-state index in [2.05, 4.69) is 48.4 Å². The van der Waals surface area contributed by atoms with Crippen LogP contribution in [0.4, 0.5) is 0 Å². The molecule has 21 heavy (non-hydrogen) atoms. The monoisotopic (exact) mass is 289 g/mol. The van der Waals surface area contributed by atoms with Gasteiger partial charge in [-0.2, -0.15) is 0 Å². The second-order valence-electron chi connectivity index (χ2n) is 6.55. The zero-order chi connectivity index (χ0) is 15.1. The Labute approximate surface area is 130 Å². The average Bonchev–Trinajstić information content (AvgIpc) is 2.74. The lowest BCUT2D eigenvalue weighted by Gasteiger charge is -2.46. The van der Waals surface area contributed by atoms with Crippen molar-refractivity contribution in [3.63, 3.8) is 0 Å². The highest BCUT2D eigenvalue weighted by atomic mass is 15.2. The predicted octanol–water partition coefficient (Wildman–Crippen LogP) is 3.26. The van der Waals surface area contributed by atoms with Gasteiger partial charge in [-0.1, -0.05) is 38.7 Å². The Morgan fingerprint density at radius 3 is 2.43 bits per heavy atom. The summed E-state index contributed by atoms with van der Waals surface area (Å²) in [5.41, 5.74) is 1.47. The van der Waals surface area contributed by atoms with Crippen LogP contribution in [0.2, 0.25) is 0 Å². The topological polar surface area (TPSA) is 28.2 Å². The molecule has 0 aliphatic heterocycles. The number of nitrogens with one attached hydrogen (secondary N) is 1. The highest BCUT2D eigenvalue weighted by molar-refractivity contribution is 5.10. The van der Waals surface area contributed by atoms with Gasteiger partial charge in [-0.25, -0.2) is 0 Å². The second kappa shape index (κ2) is 7.90. The number of pyridine rings is 1. The van der Waals surface area contributed by atoms with Crippen molar-refractivity contribution >= 4 is 0 Å². The van der Waals surface area contributed by atoms with Crippen molar-refractivity contribution in [3.05, 3.63) is 30.1 Å². The summed E-state index contributed by atoms with van der Waals surface area (Å²) in [5.74, 6) is 0. The first-order chi connectivity index (χ1) is 10.2. The minimum absolute atomic E-state index is 0.268. The van der Waals surface area contributed by atoms with Crippen LogP contribution in [0, 0.1) is 0 Å². The Bertz CT molecular complexity index is 394. The first-order valence-corrected chi connectivity index (χ1v) is 8.50. The molecule has 1 heterocycles. The molecule has 0 bridgehead atoms. The summed E-state index contributed by atoms with van der Waals surface area (Å²) in [6.07, 6.45) is 11.0. The van der Waals surface area contributed by atoms with E-state index in [4.69, 9.17) is 0 Å². The van der Waals surface area contributed by atoms with E-state index in [1.54, 1.807) is 0 Å². The summed E-state index contributed by atoms with van der Waals surface area (Å²) >= 11 is 0. The zero-order valence-corrected chi connectivity index (χ0v) is 13.9. The first-order valence-electron chi connectivity index (χ1n) is 8.50. The molecule has 0 amide bonds. The summed E-state index contributed by atoms with van der Waals surface area (Å²) in [4.78, 5) is 7.03. The molecule has 1 atom stereocenters. The van der Waals surface area contributed by atoms with E-state index < -0.39 is 0 Å². The number of hydrogen-bond donors (Lipinski definition) is 1. The number of nitrogens with zero attached hydrogens (tertiary/aromatic N) is 2. The third kappa shape index (κ3) is 4.04. The SMILES string of the molecule is CCNC(Cc1ccccn1)C1(N(C)C)CCCCCC1. The Kier molecular flexibility index (Phi) is 6.19. The highest BCUT2D eigenvalue weighted by Gasteiger charge is 2.40. The smallest absolute Gasteiger partial charge is 0.0419 e. The van der Waals surface area contributed by atoms with Crippen LogP contribution in [0.5, 0.6) is 0 Å². The van der Waals surface area contributed by atoms with Crippen molar-refractivity contribution in [2.75, 3.05) is 20.6 Å². The number of hydrogen-bond acceptors (Lipinski definition) is 3. The molecule has 1 saturated carbocycles. The first kappa shape index (κ1) is 16.4. The van der Waals surface area contributed by atoms with Gasteiger partial charge in [0.15, 0.2) is 0 Å². The van der Waals surface area contributed by atoms with E-state index in [0.29, 0.717) is 6.04 Å². The van der Waals surface area contributed by atoms with Gasteiger partial charge in [-0.15, -0.1) is 0 Å². The van der Waals surface area contributed by atoms with Gasteiger partial charge >= 0.3 is 0 Å². The molecule has 1 aromatic rings. The molecule has 3 heteroatoms. The lowest BCUT2D eigenvalue weighted by Crippen LogP contribution is -2.59. The number of rotatable bonds is 6. The fourth-order valence-corrected chi connectivity index (χ4v) is 3.87. The van der Waals surface area contributed by atoms with E-state index in [9.17, 15) is 0 Å². The number of aromatic nitrogens is 1. The van der Waals surface area contributed by atoms with Crippen molar-refractivity contribution in [1.29, 1.82) is 0 Å². The quantitative estimate of drug-likeness (QED) is 0.815. The Hall–Kier alpha value is -0.930. The number of likely N-dealkylation sites (N-methyl/N-ethyl adjacent to an activating group) is 2. The summed E-state index contributed by atoms with van der Waals surface area (Å²) in [6.45, 7) is 3.23. The molecule has 0 radical (unpaired) electrons. The van der Waals surface area contributed by atoms with Gasteiger partial charge in [0.25, 0.3) is 0 Å². The molecule has 3 nitrogen and oxygen atoms in total. The maximum Gasteiger partial charge on any atom is 0.0419 e. The van der Waals surface area contributed by atoms with Crippen LogP contribution in [0.15, 0.2) is 24.4 Å². The zero-order valence-electron chi connectivity index (χ0n) is 13.9. The highest BCUT2D eigenvalue weighted by Crippen LogP contribution is 2.35. The fourth-order valence-electron chi connectivity index (χ4n) is 3.87. The van der Waals surface area contributed by atoms with Crippen molar-refractivity contribution in [1.82, 2.24) is 15.2 Å². The van der Waals surface area contributed by atoms with Crippen molar-refractivity contribution in [2.45, 2.75) is 63.5 Å². The average molecular weight is 289 g/mol. The van der Waals surface area contributed by atoms with Crippen LogP contribution in [0.1, 0.15) is 51.1 Å². The van der Waals surface area contributed by atoms with Crippen LogP contribution in [0.3, 0.4) is 0 Å². The Balaban J connectivity index is 2.23. The molecule has 0 saturated heterocycles. The molecule has 1 N–H and O–H groups in total. The van der Waals surface area contributed by atoms with Crippen molar-refractivity contribution in [2.24, 2.45) is 0 Å². The third-order valence-electron chi connectivity index (χ3n) is 5.10. The molecule has 1 aliphatic carbocycles. The molecule has 1 aromatic heterocycles. The second-order valence-corrected chi connectivity index (χ2v) is 6.55. The summed E-state index contributed by atoms with van der Waals surface area (Å²) in [6, 6.07) is 6.73. The fraction of sp³-hybridized carbons (Fsp3) is 0.722. The van der Waals surface area contributed by atoms with Gasteiger partial charge in [0.1, 0.15) is 0 Å². The molecule has 1 aliphatic rings. The van der Waals surface area contributed by atoms with E-state index in [0.717, 1.165) is 13.0 Å². The minimum Gasteiger partial charge on any atom is -0.312 e. The molecule has 1 unspecified atom stereocenters. The van der Waals surface area contributed by atoms with Crippen molar-refractivity contribution in [3.8, 4) is 0 Å². The van der Waals surface area contributed by atoms with Crippen LogP contribution < -0.4 is 5.32 Å². The van der Waals surface area contributed by atoms with Crippen LogP contribution in [-0.2, 0) is 6.42 Å². The maximum atomic E-state index is 4.55. The van der Waals surface area contributed by atoms with E-state index in [-0.39, 0.29) is 5.54 Å². The van der Waals surface area contributed by atoms with Gasteiger partial charge in [0.2, 0.25) is 0 Å². The Morgan fingerprint density at radius 1 is 1.19 bits per heavy atom. The van der Waals surface area contributed by atoms with E-state index >= 15 is 0 Å². The predicted molar refractivity (Wildman–Crippen MR) is 89.5 cm³/mol. The molecule has 2 rings (SSSR count).